The highest BCUT2D eigenvalue weighted by molar-refractivity contribution is 7.89. The molecule has 2 aliphatic heterocycles. The van der Waals surface area contributed by atoms with Crippen molar-refractivity contribution in [2.24, 2.45) is 0 Å². The number of rotatable bonds is 4. The SMILES string of the molecule is COCC(=O)N1CCC2(C1)c1ccccc1S(=O)(=O)N2Cc1ccc(F)cc1. The number of fused-ring (bicyclic) bond motifs is 2. The predicted octanol–water partition coefficient (Wildman–Crippen LogP) is 2.10. The molecule has 2 aromatic rings. The summed E-state index contributed by atoms with van der Waals surface area (Å²) in [6.45, 7) is 0.796. The molecule has 0 aromatic heterocycles. The van der Waals surface area contributed by atoms with Gasteiger partial charge in [0.05, 0.1) is 10.4 Å². The van der Waals surface area contributed by atoms with Crippen LogP contribution in [-0.2, 0) is 31.6 Å². The van der Waals surface area contributed by atoms with Gasteiger partial charge in [0.25, 0.3) is 0 Å². The third-order valence-electron chi connectivity index (χ3n) is 5.54. The Morgan fingerprint density at radius 3 is 2.61 bits per heavy atom. The summed E-state index contributed by atoms with van der Waals surface area (Å²) in [7, 11) is -2.28. The van der Waals surface area contributed by atoms with Crippen LogP contribution in [0.1, 0.15) is 17.5 Å². The van der Waals surface area contributed by atoms with Gasteiger partial charge in [-0.05, 0) is 35.7 Å². The number of carbonyl (C=O) groups excluding carboxylic acids is 1. The fraction of sp³-hybridized carbons (Fsp3) is 0.350. The first-order chi connectivity index (χ1) is 13.4. The Bertz CT molecular complexity index is 1010. The summed E-state index contributed by atoms with van der Waals surface area (Å²) in [6.07, 6.45) is 0.500. The first-order valence-electron chi connectivity index (χ1n) is 9.02. The standard InChI is InChI=1S/C20H21FN2O4S/c1-27-13-19(24)22-11-10-20(14-22)17-4-2-3-5-18(17)28(25,26)23(20)12-15-6-8-16(21)9-7-15/h2-9H,10-14H2,1H3. The number of hydrogen-bond donors (Lipinski definition) is 0. The maximum atomic E-state index is 13.3. The minimum absolute atomic E-state index is 0.0392. The van der Waals surface area contributed by atoms with Crippen LogP contribution in [0.25, 0.3) is 0 Å². The lowest BCUT2D eigenvalue weighted by Gasteiger charge is -2.34. The van der Waals surface area contributed by atoms with Gasteiger partial charge in [-0.2, -0.15) is 4.31 Å². The number of carbonyl (C=O) groups is 1. The fourth-order valence-electron chi connectivity index (χ4n) is 4.20. The number of hydrogen-bond acceptors (Lipinski definition) is 4. The normalized spacial score (nSPS) is 23.3. The van der Waals surface area contributed by atoms with Gasteiger partial charge in [0.1, 0.15) is 12.4 Å². The molecule has 4 rings (SSSR count). The summed E-state index contributed by atoms with van der Waals surface area (Å²) in [4.78, 5) is 14.3. The molecule has 1 saturated heterocycles. The van der Waals surface area contributed by atoms with Gasteiger partial charge in [-0.15, -0.1) is 0 Å². The molecule has 148 valence electrons. The number of benzene rings is 2. The number of likely N-dealkylation sites (tertiary alicyclic amines) is 1. The molecule has 0 N–H and O–H groups in total. The van der Waals surface area contributed by atoms with Crippen LogP contribution in [0.3, 0.4) is 0 Å². The van der Waals surface area contributed by atoms with Crippen LogP contribution in [0.2, 0.25) is 0 Å². The number of sulfonamides is 1. The lowest BCUT2D eigenvalue weighted by atomic mass is 9.88. The second-order valence-corrected chi connectivity index (χ2v) is 8.99. The fourth-order valence-corrected chi connectivity index (χ4v) is 6.25. The van der Waals surface area contributed by atoms with Gasteiger partial charge < -0.3 is 9.64 Å². The van der Waals surface area contributed by atoms with E-state index in [2.05, 4.69) is 0 Å². The van der Waals surface area contributed by atoms with Crippen molar-refractivity contribution >= 4 is 15.9 Å². The van der Waals surface area contributed by atoms with Crippen LogP contribution in [-0.4, -0.2) is 50.3 Å². The first-order valence-corrected chi connectivity index (χ1v) is 10.5. The molecule has 0 radical (unpaired) electrons. The van der Waals surface area contributed by atoms with E-state index < -0.39 is 15.6 Å². The average molecular weight is 404 g/mol. The lowest BCUT2D eigenvalue weighted by molar-refractivity contribution is -0.134. The Labute approximate surface area is 163 Å². The first kappa shape index (κ1) is 19.0. The van der Waals surface area contributed by atoms with Crippen molar-refractivity contribution in [1.82, 2.24) is 9.21 Å². The van der Waals surface area contributed by atoms with Crippen LogP contribution >= 0.6 is 0 Å². The molecule has 8 heteroatoms. The Morgan fingerprint density at radius 2 is 1.89 bits per heavy atom. The number of ether oxygens (including phenoxy) is 1. The molecule has 1 unspecified atom stereocenters. The lowest BCUT2D eigenvalue weighted by Crippen LogP contribution is -2.46. The molecule has 28 heavy (non-hydrogen) atoms. The minimum Gasteiger partial charge on any atom is -0.375 e. The van der Waals surface area contributed by atoms with E-state index >= 15 is 0 Å². The van der Waals surface area contributed by atoms with Crippen LogP contribution in [0.5, 0.6) is 0 Å². The maximum Gasteiger partial charge on any atom is 0.248 e. The molecule has 0 bridgehead atoms. The maximum absolute atomic E-state index is 13.3. The van der Waals surface area contributed by atoms with Crippen LogP contribution in [0.4, 0.5) is 4.39 Å². The van der Waals surface area contributed by atoms with E-state index in [0.717, 1.165) is 0 Å². The molecule has 1 amide bonds. The number of halogens is 1. The zero-order chi connectivity index (χ0) is 19.9. The monoisotopic (exact) mass is 404 g/mol. The number of amides is 1. The Balaban J connectivity index is 1.77. The van der Waals surface area contributed by atoms with Crippen LogP contribution < -0.4 is 0 Å². The highest BCUT2D eigenvalue weighted by Gasteiger charge is 2.57. The van der Waals surface area contributed by atoms with E-state index in [-0.39, 0.29) is 36.3 Å². The largest absolute Gasteiger partial charge is 0.375 e. The zero-order valence-corrected chi connectivity index (χ0v) is 16.3. The molecule has 1 atom stereocenters. The summed E-state index contributed by atoms with van der Waals surface area (Å²) < 4.78 is 46.4. The summed E-state index contributed by atoms with van der Waals surface area (Å²) in [5.74, 6) is -0.536. The molecule has 0 saturated carbocycles. The Kier molecular flexibility index (Phi) is 4.73. The van der Waals surface area contributed by atoms with Gasteiger partial charge in [-0.25, -0.2) is 12.8 Å². The molecule has 1 spiro atoms. The average Bonchev–Trinajstić information content (AvgIpc) is 3.20. The Hall–Kier alpha value is -2.29. The van der Waals surface area contributed by atoms with Gasteiger partial charge in [-0.1, -0.05) is 30.3 Å². The molecular weight excluding hydrogens is 383 g/mol. The van der Waals surface area contributed by atoms with E-state index in [4.69, 9.17) is 4.74 Å². The number of nitrogens with zero attached hydrogens (tertiary/aromatic N) is 2. The zero-order valence-electron chi connectivity index (χ0n) is 15.5. The number of methoxy groups -OCH3 is 1. The third kappa shape index (κ3) is 2.92. The van der Waals surface area contributed by atoms with Crippen molar-refractivity contribution in [3.63, 3.8) is 0 Å². The smallest absolute Gasteiger partial charge is 0.248 e. The quantitative estimate of drug-likeness (QED) is 0.783. The summed E-state index contributed by atoms with van der Waals surface area (Å²) >= 11 is 0. The highest BCUT2D eigenvalue weighted by atomic mass is 32.2. The van der Waals surface area contributed by atoms with Gasteiger partial charge in [0, 0.05) is 26.7 Å². The van der Waals surface area contributed by atoms with Gasteiger partial charge in [0.2, 0.25) is 15.9 Å². The van der Waals surface area contributed by atoms with E-state index in [1.807, 2.05) is 12.1 Å². The van der Waals surface area contributed by atoms with Gasteiger partial charge >= 0.3 is 0 Å². The van der Waals surface area contributed by atoms with Crippen molar-refractivity contribution in [1.29, 1.82) is 0 Å². The van der Waals surface area contributed by atoms with Gasteiger partial charge in [-0.3, -0.25) is 4.79 Å². The van der Waals surface area contributed by atoms with Crippen molar-refractivity contribution in [3.05, 3.63) is 65.5 Å². The van der Waals surface area contributed by atoms with Crippen LogP contribution in [0, 0.1) is 5.82 Å². The molecule has 2 aromatic carbocycles. The molecule has 2 aliphatic rings. The molecule has 1 fully saturated rings. The summed E-state index contributed by atoms with van der Waals surface area (Å²) in [6, 6.07) is 12.8. The Morgan fingerprint density at radius 1 is 1.18 bits per heavy atom. The van der Waals surface area contributed by atoms with E-state index in [9.17, 15) is 17.6 Å². The summed E-state index contributed by atoms with van der Waals surface area (Å²) in [5, 5.41) is 0. The van der Waals surface area contributed by atoms with Crippen LogP contribution in [0.15, 0.2) is 53.4 Å². The van der Waals surface area contributed by atoms with Crippen molar-refractivity contribution < 1.29 is 22.3 Å². The summed E-state index contributed by atoms with van der Waals surface area (Å²) in [5.41, 5.74) is 0.580. The van der Waals surface area contributed by atoms with E-state index in [1.54, 1.807) is 29.2 Å². The second-order valence-electron chi connectivity index (χ2n) is 7.16. The molecule has 0 aliphatic carbocycles. The minimum atomic E-state index is -3.74. The van der Waals surface area contributed by atoms with Gasteiger partial charge in [0.15, 0.2) is 0 Å². The highest BCUT2D eigenvalue weighted by Crippen LogP contribution is 2.50. The molecular formula is C20H21FN2O4S. The predicted molar refractivity (Wildman–Crippen MR) is 100 cm³/mol. The van der Waals surface area contributed by atoms with Crippen molar-refractivity contribution in [3.8, 4) is 0 Å². The topological polar surface area (TPSA) is 66.9 Å². The van der Waals surface area contributed by atoms with E-state index in [1.165, 1.54) is 23.5 Å². The van der Waals surface area contributed by atoms with Crippen molar-refractivity contribution in [2.75, 3.05) is 26.8 Å². The molecule has 2 heterocycles. The molecule has 6 nitrogen and oxygen atoms in total. The third-order valence-corrected chi connectivity index (χ3v) is 7.51. The second kappa shape index (κ2) is 6.95. The van der Waals surface area contributed by atoms with E-state index in [0.29, 0.717) is 24.1 Å². The van der Waals surface area contributed by atoms with Crippen molar-refractivity contribution in [2.45, 2.75) is 23.4 Å².